The first-order chi connectivity index (χ1) is 9.27. The molecule has 94 valence electrons. The Labute approximate surface area is 108 Å². The van der Waals surface area contributed by atoms with Gasteiger partial charge in [-0.1, -0.05) is 6.07 Å². The summed E-state index contributed by atoms with van der Waals surface area (Å²) in [6.07, 6.45) is 7.58. The molecule has 0 aliphatic heterocycles. The number of pyridine rings is 1. The summed E-state index contributed by atoms with van der Waals surface area (Å²) in [7, 11) is 0. The van der Waals surface area contributed by atoms with E-state index in [9.17, 15) is 8.78 Å². The molecule has 0 fully saturated rings. The lowest BCUT2D eigenvalue weighted by Crippen LogP contribution is -1.99. The number of halogens is 2. The van der Waals surface area contributed by atoms with Crippen molar-refractivity contribution in [2.24, 2.45) is 0 Å². The average molecular weight is 257 g/mol. The Balaban J connectivity index is 2.23. The summed E-state index contributed by atoms with van der Waals surface area (Å²) in [6, 6.07) is 5.87. The second kappa shape index (κ2) is 4.61. The van der Waals surface area contributed by atoms with Crippen molar-refractivity contribution in [3.63, 3.8) is 0 Å². The largest absolute Gasteiger partial charge is 0.303 e. The quantitative estimate of drug-likeness (QED) is 0.705. The van der Waals surface area contributed by atoms with Gasteiger partial charge in [-0.15, -0.1) is 0 Å². The van der Waals surface area contributed by atoms with Crippen LogP contribution in [0.4, 0.5) is 8.78 Å². The van der Waals surface area contributed by atoms with Gasteiger partial charge in [-0.3, -0.25) is 4.98 Å². The second-order valence-electron chi connectivity index (χ2n) is 3.97. The highest BCUT2D eigenvalue weighted by Gasteiger charge is 2.16. The third-order valence-electron chi connectivity index (χ3n) is 2.80. The van der Waals surface area contributed by atoms with E-state index in [4.69, 9.17) is 0 Å². The summed E-state index contributed by atoms with van der Waals surface area (Å²) >= 11 is 0. The fraction of sp³-hybridized carbons (Fsp3) is 0. The van der Waals surface area contributed by atoms with Crippen LogP contribution in [0.3, 0.4) is 0 Å². The maximum Gasteiger partial charge on any atom is 0.158 e. The number of imidazole rings is 1. The lowest BCUT2D eigenvalue weighted by atomic mass is 10.1. The summed E-state index contributed by atoms with van der Waals surface area (Å²) in [5, 5.41) is 0. The Morgan fingerprint density at radius 2 is 1.89 bits per heavy atom. The predicted octanol–water partition coefficient (Wildman–Crippen LogP) is 3.21. The first-order valence-electron chi connectivity index (χ1n) is 5.64. The topological polar surface area (TPSA) is 30.7 Å². The Hall–Kier alpha value is -2.56. The van der Waals surface area contributed by atoms with Gasteiger partial charge in [0, 0.05) is 30.4 Å². The molecule has 3 rings (SSSR count). The zero-order chi connectivity index (χ0) is 13.2. The van der Waals surface area contributed by atoms with Gasteiger partial charge in [-0.2, -0.15) is 0 Å². The number of hydrogen-bond donors (Lipinski definition) is 0. The molecule has 19 heavy (non-hydrogen) atoms. The van der Waals surface area contributed by atoms with E-state index >= 15 is 0 Å². The van der Waals surface area contributed by atoms with Crippen LogP contribution < -0.4 is 0 Å². The number of hydrogen-bond acceptors (Lipinski definition) is 2. The van der Waals surface area contributed by atoms with E-state index in [1.54, 1.807) is 24.5 Å². The van der Waals surface area contributed by atoms with Crippen LogP contribution in [0.5, 0.6) is 0 Å². The monoisotopic (exact) mass is 257 g/mol. The molecule has 2 heterocycles. The number of aromatic nitrogens is 3. The van der Waals surface area contributed by atoms with Gasteiger partial charge < -0.3 is 4.57 Å². The minimum absolute atomic E-state index is 0.0840. The Morgan fingerprint density at radius 1 is 1.00 bits per heavy atom. The average Bonchev–Trinajstić information content (AvgIpc) is 2.94. The van der Waals surface area contributed by atoms with Gasteiger partial charge in [0.25, 0.3) is 0 Å². The smallest absolute Gasteiger partial charge is 0.158 e. The Bertz CT molecular complexity index is 694. The minimum Gasteiger partial charge on any atom is -0.303 e. The molecule has 0 aliphatic carbocycles. The maximum absolute atomic E-state index is 14.5. The zero-order valence-corrected chi connectivity index (χ0v) is 9.79. The van der Waals surface area contributed by atoms with Crippen LogP contribution in [-0.4, -0.2) is 14.5 Å². The molecule has 0 bridgehead atoms. The lowest BCUT2D eigenvalue weighted by molar-refractivity contribution is 0.584. The minimum atomic E-state index is -0.633. The molecule has 2 aromatic heterocycles. The molecular weight excluding hydrogens is 248 g/mol. The Morgan fingerprint density at radius 3 is 2.58 bits per heavy atom. The standard InChI is InChI=1S/C14H9F2N3/c15-11-3-4-12(19-7-6-18-9-19)14(16)13(11)10-2-1-5-17-8-10/h1-9H. The van der Waals surface area contributed by atoms with Gasteiger partial charge in [0.05, 0.1) is 17.6 Å². The predicted molar refractivity (Wildman–Crippen MR) is 66.7 cm³/mol. The van der Waals surface area contributed by atoms with E-state index in [1.165, 1.54) is 35.4 Å². The van der Waals surface area contributed by atoms with Crippen LogP contribution in [0.15, 0.2) is 55.4 Å². The number of benzene rings is 1. The molecule has 3 aromatic rings. The van der Waals surface area contributed by atoms with E-state index in [2.05, 4.69) is 9.97 Å². The van der Waals surface area contributed by atoms with Crippen molar-refractivity contribution in [1.29, 1.82) is 0 Å². The fourth-order valence-corrected chi connectivity index (χ4v) is 1.92. The third kappa shape index (κ3) is 1.99. The van der Waals surface area contributed by atoms with Crippen molar-refractivity contribution in [3.05, 3.63) is 67.0 Å². The molecule has 0 spiro atoms. The van der Waals surface area contributed by atoms with Crippen molar-refractivity contribution in [1.82, 2.24) is 14.5 Å². The highest BCUT2D eigenvalue weighted by Crippen LogP contribution is 2.29. The van der Waals surface area contributed by atoms with Crippen LogP contribution >= 0.6 is 0 Å². The summed E-state index contributed by atoms with van der Waals surface area (Å²) in [5.74, 6) is -1.25. The van der Waals surface area contributed by atoms with Gasteiger partial charge >= 0.3 is 0 Å². The summed E-state index contributed by atoms with van der Waals surface area (Å²) in [4.78, 5) is 7.74. The second-order valence-corrected chi connectivity index (χ2v) is 3.97. The van der Waals surface area contributed by atoms with Gasteiger partial charge in [-0.05, 0) is 18.2 Å². The molecule has 0 N–H and O–H groups in total. The van der Waals surface area contributed by atoms with Crippen molar-refractivity contribution in [3.8, 4) is 16.8 Å². The van der Waals surface area contributed by atoms with Crippen molar-refractivity contribution in [2.45, 2.75) is 0 Å². The summed E-state index contributed by atoms with van der Waals surface area (Å²) in [6.45, 7) is 0. The highest BCUT2D eigenvalue weighted by molar-refractivity contribution is 5.67. The van der Waals surface area contributed by atoms with E-state index < -0.39 is 11.6 Å². The number of nitrogens with zero attached hydrogens (tertiary/aromatic N) is 3. The summed E-state index contributed by atoms with van der Waals surface area (Å²) < 4.78 is 29.8. The number of rotatable bonds is 2. The molecule has 1 aromatic carbocycles. The molecule has 0 amide bonds. The van der Waals surface area contributed by atoms with Crippen LogP contribution in [0.1, 0.15) is 0 Å². The van der Waals surface area contributed by atoms with Gasteiger partial charge in [0.1, 0.15) is 5.82 Å². The first kappa shape index (κ1) is 11.5. The van der Waals surface area contributed by atoms with E-state index in [1.807, 2.05) is 0 Å². The third-order valence-corrected chi connectivity index (χ3v) is 2.80. The van der Waals surface area contributed by atoms with Crippen molar-refractivity contribution < 1.29 is 8.78 Å². The van der Waals surface area contributed by atoms with Crippen molar-refractivity contribution in [2.75, 3.05) is 0 Å². The van der Waals surface area contributed by atoms with Gasteiger partial charge in [0.15, 0.2) is 5.82 Å². The molecule has 0 aliphatic rings. The SMILES string of the molecule is Fc1ccc(-n2ccnc2)c(F)c1-c1cccnc1. The van der Waals surface area contributed by atoms with Crippen LogP contribution in [0, 0.1) is 11.6 Å². The molecule has 0 saturated heterocycles. The summed E-state index contributed by atoms with van der Waals surface area (Å²) in [5.41, 5.74) is 0.566. The molecule has 0 unspecified atom stereocenters. The van der Waals surface area contributed by atoms with Crippen molar-refractivity contribution >= 4 is 0 Å². The molecular formula is C14H9F2N3. The maximum atomic E-state index is 14.5. The molecule has 0 radical (unpaired) electrons. The normalized spacial score (nSPS) is 10.6. The Kier molecular flexibility index (Phi) is 2.79. The van der Waals surface area contributed by atoms with Crippen LogP contribution in [0.25, 0.3) is 16.8 Å². The van der Waals surface area contributed by atoms with E-state index in [-0.39, 0.29) is 11.3 Å². The molecule has 5 heteroatoms. The van der Waals surface area contributed by atoms with Crippen LogP contribution in [-0.2, 0) is 0 Å². The molecule has 3 nitrogen and oxygen atoms in total. The van der Waals surface area contributed by atoms with Crippen LogP contribution in [0.2, 0.25) is 0 Å². The van der Waals surface area contributed by atoms with Gasteiger partial charge in [-0.25, -0.2) is 13.8 Å². The molecule has 0 atom stereocenters. The first-order valence-corrected chi connectivity index (χ1v) is 5.64. The fourth-order valence-electron chi connectivity index (χ4n) is 1.92. The lowest BCUT2D eigenvalue weighted by Gasteiger charge is -2.10. The molecule has 0 saturated carbocycles. The zero-order valence-electron chi connectivity index (χ0n) is 9.79. The van der Waals surface area contributed by atoms with Gasteiger partial charge in [0.2, 0.25) is 0 Å². The highest BCUT2D eigenvalue weighted by atomic mass is 19.1. The van der Waals surface area contributed by atoms with E-state index in [0.717, 1.165) is 0 Å². The van der Waals surface area contributed by atoms with E-state index in [0.29, 0.717) is 5.56 Å².